The number of rotatable bonds is 73. The van der Waals surface area contributed by atoms with E-state index in [-0.39, 0.29) is 19.3 Å². The number of hydrogen-bond donors (Lipinski definition) is 4. The van der Waals surface area contributed by atoms with Crippen LogP contribution in [-0.2, 0) is 55.8 Å². The van der Waals surface area contributed by atoms with E-state index in [1.54, 1.807) is 0 Å². The van der Waals surface area contributed by atoms with Crippen molar-refractivity contribution < 1.29 is 75.8 Å². The molecular weight excluding hydrogens is 1290 g/mol. The predicted molar refractivity (Wildman–Crippen MR) is 408 cm³/mol. The molecule has 0 rings (SSSR count). The van der Waals surface area contributed by atoms with Crippen molar-refractivity contribution in [2.24, 2.45) is 0 Å². The molecule has 0 bridgehead atoms. The van der Waals surface area contributed by atoms with Gasteiger partial charge in [0.05, 0.1) is 26.4 Å². The summed E-state index contributed by atoms with van der Waals surface area (Å²) in [5.74, 6) is -1.59. The minimum Gasteiger partial charge on any atom is -0.463 e. The fourth-order valence-corrected chi connectivity index (χ4v) is 11.8. The van der Waals surface area contributed by atoms with Crippen molar-refractivity contribution in [2.75, 3.05) is 39.6 Å². The number of phosphoric acid groups is 2. The molecule has 0 amide bonds. The lowest BCUT2D eigenvalue weighted by atomic mass is 10.0. The minimum atomic E-state index is -4.93. The summed E-state index contributed by atoms with van der Waals surface area (Å²) >= 11 is 0. The van der Waals surface area contributed by atoms with Crippen LogP contribution < -0.4 is 0 Å². The van der Waals surface area contributed by atoms with Gasteiger partial charge in [0.15, 0.2) is 6.10 Å². The van der Waals surface area contributed by atoms with Crippen molar-refractivity contribution in [1.29, 1.82) is 0 Å². The van der Waals surface area contributed by atoms with Gasteiger partial charge < -0.3 is 34.2 Å². The normalized spacial score (nSPS) is 14.7. The van der Waals surface area contributed by atoms with Gasteiger partial charge in [0.2, 0.25) is 0 Å². The summed E-state index contributed by atoms with van der Waals surface area (Å²) in [6.07, 6.45) is 86.7. The third-order valence-electron chi connectivity index (χ3n) is 16.2. The number of aliphatic hydroxyl groups is 2. The Balaban J connectivity index is 4.52. The molecule has 0 aromatic carbocycles. The molecule has 16 nitrogen and oxygen atoms in total. The van der Waals surface area contributed by atoms with Gasteiger partial charge in [-0.15, -0.1) is 0 Å². The third kappa shape index (κ3) is 74.9. The summed E-state index contributed by atoms with van der Waals surface area (Å²) in [6, 6.07) is 0. The number of unbranched alkanes of at least 4 members (excludes halogenated alkanes) is 30. The Labute approximate surface area is 602 Å². The number of carbonyl (C=O) groups excluding carboxylic acids is 3. The second-order valence-corrected chi connectivity index (χ2v) is 28.7. The number of ether oxygens (including phenoxy) is 3. The van der Waals surface area contributed by atoms with E-state index in [0.717, 1.165) is 148 Å². The lowest BCUT2D eigenvalue weighted by Gasteiger charge is -2.21. The Hall–Kier alpha value is -4.05. The van der Waals surface area contributed by atoms with Crippen molar-refractivity contribution in [3.8, 4) is 0 Å². The fraction of sp³-hybridized carbons (Fsp3) is 0.716. The number of carbonyl (C=O) groups is 3. The molecule has 99 heavy (non-hydrogen) atoms. The lowest BCUT2D eigenvalue weighted by molar-refractivity contribution is -0.161. The van der Waals surface area contributed by atoms with Gasteiger partial charge in [0, 0.05) is 19.3 Å². The molecule has 0 radical (unpaired) electrons. The highest BCUT2D eigenvalue weighted by atomic mass is 31.2. The number of hydrogen-bond acceptors (Lipinski definition) is 14. The van der Waals surface area contributed by atoms with Crippen LogP contribution >= 0.6 is 15.6 Å². The van der Waals surface area contributed by atoms with Crippen LogP contribution in [0.25, 0.3) is 0 Å². The SMILES string of the molecule is CC/C=C\C/C=C\C/C=C\C/C=C\C/C=C\C/C=C\CCCCCCCCCCCCC(=O)OCC(O)COP(=O)(O)OCC(O)COP(=O)(O)OCC(COC(=O)CCCCCCC/C=C\C/C=C\C/C=C\C/C=C\CCCCC)OC(=O)CCCCCCCCCCCCCCC. The van der Waals surface area contributed by atoms with Crippen molar-refractivity contribution in [1.82, 2.24) is 0 Å². The van der Waals surface area contributed by atoms with Crippen LogP contribution in [0.3, 0.4) is 0 Å². The molecule has 0 aliphatic carbocycles. The Morgan fingerprint density at radius 3 is 0.869 bits per heavy atom. The van der Waals surface area contributed by atoms with Crippen molar-refractivity contribution in [3.05, 3.63) is 122 Å². The first kappa shape index (κ1) is 94.9. The summed E-state index contributed by atoms with van der Waals surface area (Å²) in [7, 11) is -9.79. The van der Waals surface area contributed by atoms with Gasteiger partial charge in [-0.05, 0) is 116 Å². The maximum Gasteiger partial charge on any atom is 0.472 e. The number of aliphatic hydroxyl groups excluding tert-OH is 2. The molecule has 0 saturated carbocycles. The minimum absolute atomic E-state index is 0.102. The first-order valence-electron chi connectivity index (χ1n) is 38.8. The molecule has 0 aliphatic rings. The van der Waals surface area contributed by atoms with Crippen LogP contribution in [0.4, 0.5) is 0 Å². The highest BCUT2D eigenvalue weighted by Gasteiger charge is 2.29. The zero-order chi connectivity index (χ0) is 72.3. The van der Waals surface area contributed by atoms with Crippen molar-refractivity contribution in [2.45, 2.75) is 334 Å². The highest BCUT2D eigenvalue weighted by molar-refractivity contribution is 7.47. The average molecular weight is 1430 g/mol. The summed E-state index contributed by atoms with van der Waals surface area (Å²) in [4.78, 5) is 58.6. The Kier molecular flexibility index (Phi) is 70.7. The van der Waals surface area contributed by atoms with Crippen LogP contribution in [0.15, 0.2) is 122 Å². The average Bonchev–Trinajstić information content (AvgIpc) is 1.36. The molecule has 570 valence electrons. The molecule has 18 heteroatoms. The summed E-state index contributed by atoms with van der Waals surface area (Å²) in [6.45, 7) is 2.53. The maximum atomic E-state index is 12.9. The number of allylic oxidation sites excluding steroid dienone is 20. The molecular formula is C81H140O16P2. The first-order chi connectivity index (χ1) is 48.2. The van der Waals surface area contributed by atoms with Crippen LogP contribution in [0.5, 0.6) is 0 Å². The topological polar surface area (TPSA) is 231 Å². The van der Waals surface area contributed by atoms with E-state index in [4.69, 9.17) is 32.3 Å². The molecule has 0 spiro atoms. The smallest absolute Gasteiger partial charge is 0.463 e. The Morgan fingerprint density at radius 2 is 0.535 bits per heavy atom. The van der Waals surface area contributed by atoms with Gasteiger partial charge in [-0.1, -0.05) is 303 Å². The molecule has 5 unspecified atom stereocenters. The summed E-state index contributed by atoms with van der Waals surface area (Å²) in [5.41, 5.74) is 0. The molecule has 0 fully saturated rings. The molecule has 0 saturated heterocycles. The molecule has 5 atom stereocenters. The lowest BCUT2D eigenvalue weighted by Crippen LogP contribution is -2.30. The standard InChI is InChI=1S/C81H140O16P2/c1-4-7-10-13-16-19-22-25-27-29-31-33-34-35-36-37-38-39-40-42-44-45-47-50-52-55-58-61-64-67-79(84)91-70-76(82)71-93-98(87,88)94-72-77(83)73-95-99(89,90)96-75-78(97-81(86)69-66-63-60-57-54-49-24-21-18-15-12-9-6-3)74-92-80(85)68-65-62-59-56-53-51-48-46-43-41-32-30-28-26-23-20-17-14-11-8-5-2/h7,10,16-17,19-20,25-28,31-33,35-36,38-39,41,46,48,76-78,82-83H,4-6,8-9,11-15,18,21-24,29-30,34,37,40,42-45,47,49-75H2,1-3H3,(H,87,88)(H,89,90)/b10-7-,19-16-,20-17-,27-25-,28-26-,33-31-,36-35-,39-38-,41-32-,48-46-. The fourth-order valence-electron chi connectivity index (χ4n) is 10.3. The van der Waals surface area contributed by atoms with Gasteiger partial charge in [-0.2, -0.15) is 0 Å². The van der Waals surface area contributed by atoms with E-state index in [1.165, 1.54) is 109 Å². The second kappa shape index (κ2) is 73.7. The maximum absolute atomic E-state index is 12.9. The van der Waals surface area contributed by atoms with Gasteiger partial charge >= 0.3 is 33.6 Å². The van der Waals surface area contributed by atoms with Crippen LogP contribution in [0, 0.1) is 0 Å². The van der Waals surface area contributed by atoms with E-state index < -0.39 is 91.5 Å². The molecule has 0 heterocycles. The van der Waals surface area contributed by atoms with Gasteiger partial charge in [-0.25, -0.2) is 9.13 Å². The largest absolute Gasteiger partial charge is 0.472 e. The van der Waals surface area contributed by atoms with Crippen LogP contribution in [0.2, 0.25) is 0 Å². The molecule has 4 N–H and O–H groups in total. The number of esters is 3. The van der Waals surface area contributed by atoms with Gasteiger partial charge in [0.1, 0.15) is 25.4 Å². The highest BCUT2D eigenvalue weighted by Crippen LogP contribution is 2.45. The zero-order valence-electron chi connectivity index (χ0n) is 62.1. The van der Waals surface area contributed by atoms with Crippen molar-refractivity contribution >= 4 is 33.6 Å². The summed E-state index contributed by atoms with van der Waals surface area (Å²) < 4.78 is 61.1. The van der Waals surface area contributed by atoms with Crippen LogP contribution in [0.1, 0.15) is 316 Å². The Bertz CT molecular complexity index is 2290. The molecule has 0 aliphatic heterocycles. The third-order valence-corrected chi connectivity index (χ3v) is 18.1. The van der Waals surface area contributed by atoms with E-state index in [9.17, 15) is 43.5 Å². The van der Waals surface area contributed by atoms with E-state index in [1.807, 2.05) is 0 Å². The molecule has 0 aromatic rings. The monoisotopic (exact) mass is 1430 g/mol. The molecule has 0 aromatic heterocycles. The first-order valence-corrected chi connectivity index (χ1v) is 41.8. The Morgan fingerprint density at radius 1 is 0.293 bits per heavy atom. The van der Waals surface area contributed by atoms with E-state index >= 15 is 0 Å². The van der Waals surface area contributed by atoms with Crippen molar-refractivity contribution in [3.63, 3.8) is 0 Å². The van der Waals surface area contributed by atoms with Gasteiger partial charge in [0.25, 0.3) is 0 Å². The van der Waals surface area contributed by atoms with Crippen LogP contribution in [-0.4, -0.2) is 95.9 Å². The predicted octanol–water partition coefficient (Wildman–Crippen LogP) is 22.5. The van der Waals surface area contributed by atoms with Gasteiger partial charge in [-0.3, -0.25) is 32.5 Å². The zero-order valence-corrected chi connectivity index (χ0v) is 63.9. The second-order valence-electron chi connectivity index (χ2n) is 25.8. The van der Waals surface area contributed by atoms with E-state index in [0.29, 0.717) is 19.3 Å². The summed E-state index contributed by atoms with van der Waals surface area (Å²) in [5, 5.41) is 20.6. The quantitative estimate of drug-likeness (QED) is 0.0146. The van der Waals surface area contributed by atoms with E-state index in [2.05, 4.69) is 142 Å². The number of phosphoric ester groups is 2.